The largest absolute Gasteiger partial charge is 0.508 e. The number of phenolic OH excluding ortho intramolecular Hbond substituents is 1. The predicted octanol–water partition coefficient (Wildman–Crippen LogP) is 2.43. The highest BCUT2D eigenvalue weighted by molar-refractivity contribution is 5.39. The van der Waals surface area contributed by atoms with Crippen molar-refractivity contribution in [2.75, 3.05) is 6.54 Å². The molecule has 0 spiro atoms. The van der Waals surface area contributed by atoms with Crippen LogP contribution in [0.1, 0.15) is 36.3 Å². The molecular formula is C16H21N3O. The third-order valence-electron chi connectivity index (χ3n) is 3.94. The number of fused-ring (bicyclic) bond motifs is 1. The average molecular weight is 271 g/mol. The second-order valence-electron chi connectivity index (χ2n) is 5.38. The Morgan fingerprint density at radius 2 is 2.35 bits per heavy atom. The number of hydrogen-bond donors (Lipinski definition) is 2. The molecule has 1 atom stereocenters. The van der Waals surface area contributed by atoms with Crippen molar-refractivity contribution >= 4 is 0 Å². The summed E-state index contributed by atoms with van der Waals surface area (Å²) in [5.41, 5.74) is 2.54. The molecule has 0 saturated heterocycles. The summed E-state index contributed by atoms with van der Waals surface area (Å²) in [6, 6.07) is 5.94. The van der Waals surface area contributed by atoms with Crippen molar-refractivity contribution in [3.63, 3.8) is 0 Å². The first-order valence-electron chi connectivity index (χ1n) is 7.33. The Labute approximate surface area is 119 Å². The van der Waals surface area contributed by atoms with Gasteiger partial charge in [-0.25, -0.2) is 4.98 Å². The van der Waals surface area contributed by atoms with Gasteiger partial charge in [0.1, 0.15) is 11.6 Å². The summed E-state index contributed by atoms with van der Waals surface area (Å²) >= 11 is 0. The van der Waals surface area contributed by atoms with Crippen molar-refractivity contribution in [3.8, 4) is 5.75 Å². The zero-order valence-electron chi connectivity index (χ0n) is 11.8. The summed E-state index contributed by atoms with van der Waals surface area (Å²) in [6.45, 7) is 4.17. The average Bonchev–Trinajstić information content (AvgIpc) is 2.87. The fourth-order valence-corrected chi connectivity index (χ4v) is 2.96. The van der Waals surface area contributed by atoms with Gasteiger partial charge in [-0.05, 0) is 42.6 Å². The van der Waals surface area contributed by atoms with Crippen molar-refractivity contribution in [3.05, 3.63) is 47.5 Å². The molecule has 2 N–H and O–H groups in total. The second kappa shape index (κ2) is 5.67. The van der Waals surface area contributed by atoms with E-state index in [1.807, 2.05) is 24.5 Å². The number of nitrogens with one attached hydrogen (secondary N) is 1. The van der Waals surface area contributed by atoms with Gasteiger partial charge in [-0.2, -0.15) is 0 Å². The van der Waals surface area contributed by atoms with Gasteiger partial charge in [0, 0.05) is 31.4 Å². The number of aromatic hydroxyl groups is 1. The summed E-state index contributed by atoms with van der Waals surface area (Å²) in [5.74, 6) is 1.45. The van der Waals surface area contributed by atoms with Crippen LogP contribution >= 0.6 is 0 Å². The van der Waals surface area contributed by atoms with E-state index in [1.165, 1.54) is 11.1 Å². The highest BCUT2D eigenvalue weighted by atomic mass is 16.3. The molecule has 3 rings (SSSR count). The monoisotopic (exact) mass is 271 g/mol. The summed E-state index contributed by atoms with van der Waals surface area (Å²) in [5, 5.41) is 13.3. The van der Waals surface area contributed by atoms with Crippen LogP contribution in [0, 0.1) is 0 Å². The van der Waals surface area contributed by atoms with E-state index >= 15 is 0 Å². The zero-order valence-corrected chi connectivity index (χ0v) is 11.8. The lowest BCUT2D eigenvalue weighted by Crippen LogP contribution is -2.31. The lowest BCUT2D eigenvalue weighted by Gasteiger charge is -2.27. The normalized spacial score (nSPS) is 17.9. The second-order valence-corrected chi connectivity index (χ2v) is 5.38. The molecule has 0 aliphatic carbocycles. The van der Waals surface area contributed by atoms with E-state index in [0.29, 0.717) is 5.75 Å². The maximum atomic E-state index is 9.72. The molecule has 0 bridgehead atoms. The number of imidazole rings is 1. The van der Waals surface area contributed by atoms with Crippen LogP contribution in [0.2, 0.25) is 0 Å². The molecule has 4 heteroatoms. The molecule has 20 heavy (non-hydrogen) atoms. The predicted molar refractivity (Wildman–Crippen MR) is 78.8 cm³/mol. The van der Waals surface area contributed by atoms with Gasteiger partial charge < -0.3 is 15.0 Å². The first-order chi connectivity index (χ1) is 9.78. The molecule has 1 unspecified atom stereocenters. The lowest BCUT2D eigenvalue weighted by molar-refractivity contribution is 0.457. The van der Waals surface area contributed by atoms with E-state index in [-0.39, 0.29) is 6.04 Å². The molecule has 0 radical (unpaired) electrons. The van der Waals surface area contributed by atoms with Crippen molar-refractivity contribution in [1.29, 1.82) is 0 Å². The summed E-state index contributed by atoms with van der Waals surface area (Å²) < 4.78 is 2.22. The SMILES string of the molecule is CCCn1ccnc1CC1NCCc2ccc(O)cc21. The molecule has 1 aliphatic rings. The van der Waals surface area contributed by atoms with Gasteiger partial charge in [0.2, 0.25) is 0 Å². The van der Waals surface area contributed by atoms with Crippen LogP contribution in [0.4, 0.5) is 0 Å². The molecule has 0 saturated carbocycles. The minimum Gasteiger partial charge on any atom is -0.508 e. The van der Waals surface area contributed by atoms with Crippen molar-refractivity contribution in [2.24, 2.45) is 0 Å². The Kier molecular flexibility index (Phi) is 3.74. The van der Waals surface area contributed by atoms with Gasteiger partial charge in [-0.3, -0.25) is 0 Å². The number of rotatable bonds is 4. The van der Waals surface area contributed by atoms with Gasteiger partial charge >= 0.3 is 0 Å². The number of aryl methyl sites for hydroxylation is 1. The first-order valence-corrected chi connectivity index (χ1v) is 7.33. The number of hydrogen-bond acceptors (Lipinski definition) is 3. The van der Waals surface area contributed by atoms with E-state index in [0.717, 1.165) is 38.2 Å². The molecular weight excluding hydrogens is 250 g/mol. The van der Waals surface area contributed by atoms with Crippen LogP contribution in [-0.2, 0) is 19.4 Å². The molecule has 0 fully saturated rings. The summed E-state index contributed by atoms with van der Waals surface area (Å²) in [6.07, 6.45) is 6.92. The fourth-order valence-electron chi connectivity index (χ4n) is 2.96. The first kappa shape index (κ1) is 13.2. The minimum atomic E-state index is 0.240. The van der Waals surface area contributed by atoms with Crippen LogP contribution in [0.25, 0.3) is 0 Å². The topological polar surface area (TPSA) is 50.1 Å². The van der Waals surface area contributed by atoms with Crippen LogP contribution in [0.5, 0.6) is 5.75 Å². The van der Waals surface area contributed by atoms with Gasteiger partial charge in [0.05, 0.1) is 0 Å². The standard InChI is InChI=1S/C16H21N3O/c1-2-8-19-9-7-18-16(19)11-15-14-10-13(20)4-3-12(14)5-6-17-15/h3-4,7,9-10,15,17,20H,2,5-6,8,11H2,1H3. The molecule has 1 aromatic heterocycles. The highest BCUT2D eigenvalue weighted by Crippen LogP contribution is 2.28. The number of nitrogens with zero attached hydrogens (tertiary/aromatic N) is 2. The van der Waals surface area contributed by atoms with Gasteiger partial charge in [-0.1, -0.05) is 13.0 Å². The van der Waals surface area contributed by atoms with Gasteiger partial charge in [0.25, 0.3) is 0 Å². The van der Waals surface area contributed by atoms with E-state index < -0.39 is 0 Å². The van der Waals surface area contributed by atoms with Crippen LogP contribution in [-0.4, -0.2) is 21.2 Å². The number of aromatic nitrogens is 2. The van der Waals surface area contributed by atoms with Gasteiger partial charge in [-0.15, -0.1) is 0 Å². The van der Waals surface area contributed by atoms with E-state index in [2.05, 4.69) is 21.8 Å². The summed E-state index contributed by atoms with van der Waals surface area (Å²) in [4.78, 5) is 4.48. The fraction of sp³-hybridized carbons (Fsp3) is 0.438. The highest BCUT2D eigenvalue weighted by Gasteiger charge is 2.21. The van der Waals surface area contributed by atoms with Gasteiger partial charge in [0.15, 0.2) is 0 Å². The molecule has 4 nitrogen and oxygen atoms in total. The van der Waals surface area contributed by atoms with E-state index in [1.54, 1.807) is 6.07 Å². The Bertz CT molecular complexity index is 591. The third-order valence-corrected chi connectivity index (χ3v) is 3.94. The Hall–Kier alpha value is -1.81. The molecule has 0 amide bonds. The molecule has 106 valence electrons. The number of phenols is 1. The van der Waals surface area contributed by atoms with Crippen molar-refractivity contribution in [1.82, 2.24) is 14.9 Å². The van der Waals surface area contributed by atoms with E-state index in [9.17, 15) is 5.11 Å². The maximum Gasteiger partial charge on any atom is 0.115 e. The minimum absolute atomic E-state index is 0.240. The Balaban J connectivity index is 1.85. The van der Waals surface area contributed by atoms with Crippen LogP contribution in [0.15, 0.2) is 30.6 Å². The molecule has 1 aliphatic heterocycles. The lowest BCUT2D eigenvalue weighted by atomic mass is 9.92. The summed E-state index contributed by atoms with van der Waals surface area (Å²) in [7, 11) is 0. The Morgan fingerprint density at radius 1 is 1.45 bits per heavy atom. The zero-order chi connectivity index (χ0) is 13.9. The van der Waals surface area contributed by atoms with Crippen molar-refractivity contribution < 1.29 is 5.11 Å². The molecule has 2 aromatic rings. The maximum absolute atomic E-state index is 9.72. The number of benzene rings is 1. The van der Waals surface area contributed by atoms with Crippen LogP contribution < -0.4 is 5.32 Å². The molecule has 2 heterocycles. The Morgan fingerprint density at radius 3 is 3.20 bits per heavy atom. The molecule has 1 aromatic carbocycles. The van der Waals surface area contributed by atoms with Crippen molar-refractivity contribution in [2.45, 2.75) is 38.8 Å². The smallest absolute Gasteiger partial charge is 0.115 e. The van der Waals surface area contributed by atoms with Crippen LogP contribution in [0.3, 0.4) is 0 Å². The van der Waals surface area contributed by atoms with E-state index in [4.69, 9.17) is 0 Å². The quantitative estimate of drug-likeness (QED) is 0.898. The third kappa shape index (κ3) is 2.56.